The van der Waals surface area contributed by atoms with E-state index in [4.69, 9.17) is 0 Å². The summed E-state index contributed by atoms with van der Waals surface area (Å²) in [4.78, 5) is 4.16. The monoisotopic (exact) mass is 141 g/mol. The topological polar surface area (TPSA) is 36.4 Å². The standard InChI is InChI=1S/C7H15N3/c1-3-8-4-2-6-10-7-9-5-1/h7-8H,1-6H2,(H,9,10). The first-order chi connectivity index (χ1) is 5.00. The second-order valence-electron chi connectivity index (χ2n) is 2.45. The zero-order valence-corrected chi connectivity index (χ0v) is 6.27. The Morgan fingerprint density at radius 1 is 1.10 bits per heavy atom. The first-order valence-electron chi connectivity index (χ1n) is 3.92. The molecule has 0 aromatic rings. The van der Waals surface area contributed by atoms with Gasteiger partial charge in [0.05, 0.1) is 6.34 Å². The van der Waals surface area contributed by atoms with Gasteiger partial charge in [0.15, 0.2) is 0 Å². The van der Waals surface area contributed by atoms with Crippen molar-refractivity contribution in [1.82, 2.24) is 10.6 Å². The Kier molecular flexibility index (Phi) is 3.94. The minimum atomic E-state index is 0.944. The predicted molar refractivity (Wildman–Crippen MR) is 43.5 cm³/mol. The number of aliphatic imine (C=N–C) groups is 1. The highest BCUT2D eigenvalue weighted by atomic mass is 14.9. The van der Waals surface area contributed by atoms with Crippen LogP contribution in [0.2, 0.25) is 0 Å². The summed E-state index contributed by atoms with van der Waals surface area (Å²) < 4.78 is 0. The van der Waals surface area contributed by atoms with Crippen LogP contribution in [-0.4, -0.2) is 32.5 Å². The van der Waals surface area contributed by atoms with Gasteiger partial charge in [-0.05, 0) is 25.9 Å². The molecule has 0 aromatic heterocycles. The van der Waals surface area contributed by atoms with Gasteiger partial charge in [-0.2, -0.15) is 0 Å². The summed E-state index contributed by atoms with van der Waals surface area (Å²) >= 11 is 0. The summed E-state index contributed by atoms with van der Waals surface area (Å²) in [7, 11) is 0. The van der Waals surface area contributed by atoms with Crippen molar-refractivity contribution in [3.63, 3.8) is 0 Å². The Balaban J connectivity index is 2.13. The Labute approximate surface area is 61.9 Å². The minimum absolute atomic E-state index is 0.944. The van der Waals surface area contributed by atoms with Crippen molar-refractivity contribution in [2.45, 2.75) is 12.8 Å². The Morgan fingerprint density at radius 2 is 2.00 bits per heavy atom. The van der Waals surface area contributed by atoms with Crippen molar-refractivity contribution in [1.29, 1.82) is 0 Å². The normalized spacial score (nSPS) is 21.6. The van der Waals surface area contributed by atoms with Gasteiger partial charge < -0.3 is 10.6 Å². The van der Waals surface area contributed by atoms with E-state index < -0.39 is 0 Å². The summed E-state index contributed by atoms with van der Waals surface area (Å²) in [5.74, 6) is 0. The molecule has 0 aromatic carbocycles. The van der Waals surface area contributed by atoms with Gasteiger partial charge in [0.25, 0.3) is 0 Å². The number of hydrogen-bond acceptors (Lipinski definition) is 3. The lowest BCUT2D eigenvalue weighted by atomic mass is 10.3. The largest absolute Gasteiger partial charge is 0.376 e. The zero-order valence-electron chi connectivity index (χ0n) is 6.27. The molecule has 0 unspecified atom stereocenters. The fraction of sp³-hybridized carbons (Fsp3) is 0.857. The molecule has 0 saturated heterocycles. The summed E-state index contributed by atoms with van der Waals surface area (Å²) in [5, 5.41) is 6.46. The van der Waals surface area contributed by atoms with Crippen molar-refractivity contribution in [2.75, 3.05) is 26.2 Å². The number of hydrogen-bond donors (Lipinski definition) is 2. The third kappa shape index (κ3) is 3.45. The molecular formula is C7H15N3. The first-order valence-corrected chi connectivity index (χ1v) is 3.92. The molecule has 0 bridgehead atoms. The van der Waals surface area contributed by atoms with E-state index in [1.165, 1.54) is 6.42 Å². The number of nitrogens with one attached hydrogen (secondary N) is 2. The summed E-state index contributed by atoms with van der Waals surface area (Å²) in [6.45, 7) is 4.22. The van der Waals surface area contributed by atoms with Crippen LogP contribution in [0.25, 0.3) is 0 Å². The molecule has 0 aliphatic carbocycles. The average molecular weight is 141 g/mol. The van der Waals surface area contributed by atoms with E-state index in [1.807, 2.05) is 6.34 Å². The highest BCUT2D eigenvalue weighted by Crippen LogP contribution is 1.80. The van der Waals surface area contributed by atoms with E-state index in [-0.39, 0.29) is 0 Å². The quantitative estimate of drug-likeness (QED) is 0.497. The molecule has 1 aliphatic rings. The van der Waals surface area contributed by atoms with E-state index in [2.05, 4.69) is 15.6 Å². The van der Waals surface area contributed by atoms with Crippen molar-refractivity contribution >= 4 is 6.34 Å². The Morgan fingerprint density at radius 3 is 3.00 bits per heavy atom. The van der Waals surface area contributed by atoms with E-state index in [1.54, 1.807) is 0 Å². The molecule has 0 fully saturated rings. The number of rotatable bonds is 0. The van der Waals surface area contributed by atoms with Crippen LogP contribution in [0.5, 0.6) is 0 Å². The Hall–Kier alpha value is -0.570. The maximum Gasteiger partial charge on any atom is 0.0823 e. The molecule has 0 atom stereocenters. The molecule has 0 spiro atoms. The van der Waals surface area contributed by atoms with Crippen molar-refractivity contribution in [3.05, 3.63) is 0 Å². The van der Waals surface area contributed by atoms with Crippen LogP contribution in [0.4, 0.5) is 0 Å². The van der Waals surface area contributed by atoms with Gasteiger partial charge in [-0.3, -0.25) is 4.99 Å². The van der Waals surface area contributed by atoms with Crippen LogP contribution < -0.4 is 10.6 Å². The van der Waals surface area contributed by atoms with Crippen LogP contribution >= 0.6 is 0 Å². The SMILES string of the molecule is C1=NCCCNCCCN1. The smallest absolute Gasteiger partial charge is 0.0823 e. The molecule has 1 rings (SSSR count). The molecule has 58 valence electrons. The predicted octanol–water partition coefficient (Wildman–Crippen LogP) is -0.0123. The lowest BCUT2D eigenvalue weighted by Crippen LogP contribution is -2.24. The number of nitrogens with zero attached hydrogens (tertiary/aromatic N) is 1. The van der Waals surface area contributed by atoms with Crippen LogP contribution in [0, 0.1) is 0 Å². The molecule has 2 N–H and O–H groups in total. The highest BCUT2D eigenvalue weighted by Gasteiger charge is 1.89. The van der Waals surface area contributed by atoms with Crippen molar-refractivity contribution < 1.29 is 0 Å². The van der Waals surface area contributed by atoms with Crippen LogP contribution in [-0.2, 0) is 0 Å². The summed E-state index contributed by atoms with van der Waals surface area (Å²) in [5.41, 5.74) is 0. The third-order valence-corrected chi connectivity index (χ3v) is 1.50. The van der Waals surface area contributed by atoms with Gasteiger partial charge in [-0.1, -0.05) is 0 Å². The fourth-order valence-electron chi connectivity index (χ4n) is 0.929. The third-order valence-electron chi connectivity index (χ3n) is 1.50. The van der Waals surface area contributed by atoms with Gasteiger partial charge in [0.2, 0.25) is 0 Å². The molecule has 3 nitrogen and oxygen atoms in total. The molecule has 3 heteroatoms. The maximum atomic E-state index is 4.16. The second kappa shape index (κ2) is 5.23. The van der Waals surface area contributed by atoms with Crippen molar-refractivity contribution in [3.8, 4) is 0 Å². The lowest BCUT2D eigenvalue weighted by molar-refractivity contribution is 0.614. The molecule has 0 amide bonds. The first kappa shape index (κ1) is 7.54. The molecule has 10 heavy (non-hydrogen) atoms. The van der Waals surface area contributed by atoms with Gasteiger partial charge in [-0.15, -0.1) is 0 Å². The molecular weight excluding hydrogens is 126 g/mol. The molecule has 1 heterocycles. The van der Waals surface area contributed by atoms with Crippen LogP contribution in [0.15, 0.2) is 4.99 Å². The van der Waals surface area contributed by atoms with Gasteiger partial charge in [0.1, 0.15) is 0 Å². The maximum absolute atomic E-state index is 4.16. The summed E-state index contributed by atoms with van der Waals surface area (Å²) in [6.07, 6.45) is 4.16. The van der Waals surface area contributed by atoms with Gasteiger partial charge >= 0.3 is 0 Å². The van der Waals surface area contributed by atoms with Crippen LogP contribution in [0.1, 0.15) is 12.8 Å². The van der Waals surface area contributed by atoms with E-state index in [0.29, 0.717) is 0 Å². The van der Waals surface area contributed by atoms with E-state index in [0.717, 1.165) is 32.6 Å². The van der Waals surface area contributed by atoms with Crippen molar-refractivity contribution in [2.24, 2.45) is 4.99 Å². The second-order valence-corrected chi connectivity index (χ2v) is 2.45. The minimum Gasteiger partial charge on any atom is -0.376 e. The molecule has 0 radical (unpaired) electrons. The average Bonchev–Trinajstić information content (AvgIpc) is 2.01. The van der Waals surface area contributed by atoms with Gasteiger partial charge in [0, 0.05) is 13.1 Å². The highest BCUT2D eigenvalue weighted by molar-refractivity contribution is 5.53. The zero-order chi connectivity index (χ0) is 7.07. The Bertz CT molecular complexity index is 89.0. The fourth-order valence-corrected chi connectivity index (χ4v) is 0.929. The lowest BCUT2D eigenvalue weighted by Gasteiger charge is -2.05. The van der Waals surface area contributed by atoms with Gasteiger partial charge in [-0.25, -0.2) is 0 Å². The molecule has 1 aliphatic heterocycles. The summed E-state index contributed by atoms with van der Waals surface area (Å²) in [6, 6.07) is 0. The molecule has 0 saturated carbocycles. The van der Waals surface area contributed by atoms with E-state index >= 15 is 0 Å². The van der Waals surface area contributed by atoms with E-state index in [9.17, 15) is 0 Å². The van der Waals surface area contributed by atoms with Crippen LogP contribution in [0.3, 0.4) is 0 Å².